The highest BCUT2D eigenvalue weighted by atomic mass is 79.9. The Hall–Kier alpha value is -1.32. The van der Waals surface area contributed by atoms with Crippen molar-refractivity contribution in [1.82, 2.24) is 0 Å². The van der Waals surface area contributed by atoms with E-state index in [1.165, 1.54) is 0 Å². The first-order chi connectivity index (χ1) is 9.38. The van der Waals surface area contributed by atoms with Crippen LogP contribution in [0.5, 0.6) is 0 Å². The molecule has 2 rings (SSSR count). The molecule has 20 heavy (non-hydrogen) atoms. The van der Waals surface area contributed by atoms with E-state index in [0.717, 1.165) is 26.9 Å². The number of carbonyl (C=O) groups excluding carboxylic acids is 1. The van der Waals surface area contributed by atoms with E-state index in [-0.39, 0.29) is 5.91 Å². The number of amides is 1. The van der Waals surface area contributed by atoms with Crippen LogP contribution in [0.15, 0.2) is 34.8 Å². The predicted octanol–water partition coefficient (Wildman–Crippen LogP) is 5.28. The lowest BCUT2D eigenvalue weighted by Crippen LogP contribution is -2.12. The van der Waals surface area contributed by atoms with Gasteiger partial charge in [-0.2, -0.15) is 0 Å². The monoisotopic (exact) mass is 351 g/mol. The number of rotatable bonds is 2. The third-order valence-electron chi connectivity index (χ3n) is 3.13. The molecule has 2 aromatic rings. The van der Waals surface area contributed by atoms with Crippen molar-refractivity contribution in [3.05, 3.63) is 62.1 Å². The van der Waals surface area contributed by atoms with Crippen LogP contribution in [-0.4, -0.2) is 5.91 Å². The van der Waals surface area contributed by atoms with Gasteiger partial charge in [0.05, 0.1) is 0 Å². The molecule has 0 saturated carbocycles. The van der Waals surface area contributed by atoms with Gasteiger partial charge in [-0.1, -0.05) is 33.6 Å². The van der Waals surface area contributed by atoms with Gasteiger partial charge in [0.15, 0.2) is 0 Å². The Labute approximate surface area is 132 Å². The standard InChI is InChI=1S/C16H15BrClNO/c1-9-4-5-12(8-14(9)18)16(20)19-13-6-10(2)15(17)11(3)7-13/h4-8H,1-3H3,(H,19,20). The number of anilines is 1. The summed E-state index contributed by atoms with van der Waals surface area (Å²) in [6, 6.07) is 9.17. The minimum atomic E-state index is -0.159. The fraction of sp³-hybridized carbons (Fsp3) is 0.188. The minimum Gasteiger partial charge on any atom is -0.322 e. The Morgan fingerprint density at radius 2 is 1.65 bits per heavy atom. The molecule has 104 valence electrons. The van der Waals surface area contributed by atoms with Crippen LogP contribution < -0.4 is 5.32 Å². The number of nitrogens with one attached hydrogen (secondary N) is 1. The number of halogens is 2. The summed E-state index contributed by atoms with van der Waals surface area (Å²) < 4.78 is 1.06. The lowest BCUT2D eigenvalue weighted by Gasteiger charge is -2.10. The van der Waals surface area contributed by atoms with Crippen LogP contribution in [0.25, 0.3) is 0 Å². The minimum absolute atomic E-state index is 0.159. The van der Waals surface area contributed by atoms with Crippen molar-refractivity contribution in [2.24, 2.45) is 0 Å². The molecule has 2 nitrogen and oxygen atoms in total. The van der Waals surface area contributed by atoms with Crippen LogP contribution in [0.3, 0.4) is 0 Å². The lowest BCUT2D eigenvalue weighted by molar-refractivity contribution is 0.102. The van der Waals surface area contributed by atoms with Gasteiger partial charge in [-0.15, -0.1) is 0 Å². The summed E-state index contributed by atoms with van der Waals surface area (Å²) in [5, 5.41) is 3.49. The van der Waals surface area contributed by atoms with Crippen molar-refractivity contribution < 1.29 is 4.79 Å². The maximum absolute atomic E-state index is 12.2. The zero-order chi connectivity index (χ0) is 14.9. The van der Waals surface area contributed by atoms with Gasteiger partial charge in [-0.25, -0.2) is 0 Å². The van der Waals surface area contributed by atoms with E-state index >= 15 is 0 Å². The molecule has 0 radical (unpaired) electrons. The van der Waals surface area contributed by atoms with Crippen LogP contribution in [0.1, 0.15) is 27.0 Å². The molecule has 0 heterocycles. The van der Waals surface area contributed by atoms with Crippen LogP contribution in [0, 0.1) is 20.8 Å². The van der Waals surface area contributed by atoms with Gasteiger partial charge in [-0.3, -0.25) is 4.79 Å². The summed E-state index contributed by atoms with van der Waals surface area (Å²) in [5.41, 5.74) is 4.46. The smallest absolute Gasteiger partial charge is 0.255 e. The zero-order valence-electron chi connectivity index (χ0n) is 11.6. The number of aryl methyl sites for hydroxylation is 3. The Balaban J connectivity index is 2.25. The SMILES string of the molecule is Cc1ccc(C(=O)Nc2cc(C)c(Br)c(C)c2)cc1Cl. The van der Waals surface area contributed by atoms with Crippen molar-refractivity contribution >= 4 is 39.1 Å². The van der Waals surface area contributed by atoms with Gasteiger partial charge in [0.1, 0.15) is 0 Å². The second-order valence-corrected chi connectivity index (χ2v) is 6.04. The first-order valence-electron chi connectivity index (χ1n) is 6.22. The second-order valence-electron chi connectivity index (χ2n) is 4.84. The Kier molecular flexibility index (Phi) is 4.51. The average molecular weight is 353 g/mol. The molecule has 0 aliphatic carbocycles. The summed E-state index contributed by atoms with van der Waals surface area (Å²) in [4.78, 5) is 12.2. The molecular formula is C16H15BrClNO. The van der Waals surface area contributed by atoms with E-state index in [2.05, 4.69) is 21.2 Å². The first kappa shape index (κ1) is 15.1. The fourth-order valence-corrected chi connectivity index (χ4v) is 2.36. The van der Waals surface area contributed by atoms with E-state index in [4.69, 9.17) is 11.6 Å². The molecule has 0 aromatic heterocycles. The fourth-order valence-electron chi connectivity index (χ4n) is 1.96. The van der Waals surface area contributed by atoms with Gasteiger partial charge < -0.3 is 5.32 Å². The number of hydrogen-bond acceptors (Lipinski definition) is 1. The van der Waals surface area contributed by atoms with Crippen LogP contribution in [0.2, 0.25) is 5.02 Å². The molecule has 4 heteroatoms. The molecular weight excluding hydrogens is 338 g/mol. The predicted molar refractivity (Wildman–Crippen MR) is 87.8 cm³/mol. The van der Waals surface area contributed by atoms with Crippen LogP contribution in [0.4, 0.5) is 5.69 Å². The summed E-state index contributed by atoms with van der Waals surface area (Å²) in [7, 11) is 0. The maximum Gasteiger partial charge on any atom is 0.255 e. The molecule has 1 N–H and O–H groups in total. The maximum atomic E-state index is 12.2. The average Bonchev–Trinajstić information content (AvgIpc) is 2.39. The van der Waals surface area contributed by atoms with Gasteiger partial charge >= 0.3 is 0 Å². The first-order valence-corrected chi connectivity index (χ1v) is 7.40. The molecule has 0 saturated heterocycles. The molecule has 0 aliphatic rings. The quantitative estimate of drug-likeness (QED) is 0.782. The van der Waals surface area contributed by atoms with Crippen molar-refractivity contribution in [2.75, 3.05) is 5.32 Å². The van der Waals surface area contributed by atoms with Gasteiger partial charge in [0.25, 0.3) is 5.91 Å². The summed E-state index contributed by atoms with van der Waals surface area (Å²) >= 11 is 9.56. The summed E-state index contributed by atoms with van der Waals surface area (Å²) in [6.07, 6.45) is 0. The second kappa shape index (κ2) is 5.98. The number of carbonyl (C=O) groups is 1. The van der Waals surface area contributed by atoms with Crippen LogP contribution in [-0.2, 0) is 0 Å². The molecule has 0 aliphatic heterocycles. The zero-order valence-corrected chi connectivity index (χ0v) is 13.9. The molecule has 0 fully saturated rings. The summed E-state index contributed by atoms with van der Waals surface area (Å²) in [5.74, 6) is -0.159. The normalized spacial score (nSPS) is 10.4. The molecule has 2 aromatic carbocycles. The molecule has 0 unspecified atom stereocenters. The molecule has 1 amide bonds. The topological polar surface area (TPSA) is 29.1 Å². The van der Waals surface area contributed by atoms with Crippen molar-refractivity contribution in [1.29, 1.82) is 0 Å². The lowest BCUT2D eigenvalue weighted by atomic mass is 10.1. The third-order valence-corrected chi connectivity index (χ3v) is 4.79. The Morgan fingerprint density at radius 3 is 2.20 bits per heavy atom. The van der Waals surface area contributed by atoms with Gasteiger partial charge in [-0.05, 0) is 61.7 Å². The Bertz CT molecular complexity index is 659. The van der Waals surface area contributed by atoms with E-state index in [0.29, 0.717) is 10.6 Å². The van der Waals surface area contributed by atoms with Crippen molar-refractivity contribution in [2.45, 2.75) is 20.8 Å². The van der Waals surface area contributed by atoms with E-state index in [1.54, 1.807) is 12.1 Å². The van der Waals surface area contributed by atoms with E-state index < -0.39 is 0 Å². The number of benzene rings is 2. The van der Waals surface area contributed by atoms with E-state index in [9.17, 15) is 4.79 Å². The van der Waals surface area contributed by atoms with Crippen molar-refractivity contribution in [3.8, 4) is 0 Å². The van der Waals surface area contributed by atoms with E-state index in [1.807, 2.05) is 39.0 Å². The van der Waals surface area contributed by atoms with Gasteiger partial charge in [0, 0.05) is 20.7 Å². The summed E-state index contributed by atoms with van der Waals surface area (Å²) in [6.45, 7) is 5.90. The largest absolute Gasteiger partial charge is 0.322 e. The Morgan fingerprint density at radius 1 is 1.05 bits per heavy atom. The molecule has 0 atom stereocenters. The van der Waals surface area contributed by atoms with Crippen LogP contribution >= 0.6 is 27.5 Å². The van der Waals surface area contributed by atoms with Gasteiger partial charge in [0.2, 0.25) is 0 Å². The highest BCUT2D eigenvalue weighted by molar-refractivity contribution is 9.10. The highest BCUT2D eigenvalue weighted by Gasteiger charge is 2.09. The number of hydrogen-bond donors (Lipinski definition) is 1. The molecule has 0 spiro atoms. The van der Waals surface area contributed by atoms with Crippen molar-refractivity contribution in [3.63, 3.8) is 0 Å². The third kappa shape index (κ3) is 3.22. The molecule has 0 bridgehead atoms. The highest BCUT2D eigenvalue weighted by Crippen LogP contribution is 2.25.